The maximum Gasteiger partial charge on any atom is 0.0953 e. The lowest BCUT2D eigenvalue weighted by Crippen LogP contribution is -2.38. The summed E-state index contributed by atoms with van der Waals surface area (Å²) in [5.41, 5.74) is 2.67. The van der Waals surface area contributed by atoms with Gasteiger partial charge < -0.3 is 10.1 Å². The van der Waals surface area contributed by atoms with Gasteiger partial charge >= 0.3 is 0 Å². The van der Waals surface area contributed by atoms with Gasteiger partial charge in [0.2, 0.25) is 0 Å². The molecule has 0 radical (unpaired) electrons. The molecule has 1 aliphatic heterocycles. The summed E-state index contributed by atoms with van der Waals surface area (Å²) in [6.07, 6.45) is 1.63. The maximum absolute atomic E-state index is 5.88. The first kappa shape index (κ1) is 10.7. The number of rotatable bonds is 2. The highest BCUT2D eigenvalue weighted by molar-refractivity contribution is 5.24. The zero-order valence-corrected chi connectivity index (χ0v) is 9.49. The molecule has 2 unspecified atom stereocenters. The summed E-state index contributed by atoms with van der Waals surface area (Å²) >= 11 is 0. The molecule has 0 saturated carbocycles. The summed E-state index contributed by atoms with van der Waals surface area (Å²) in [5.74, 6) is 0. The Morgan fingerprint density at radius 3 is 2.60 bits per heavy atom. The topological polar surface area (TPSA) is 21.3 Å². The lowest BCUT2D eigenvalue weighted by molar-refractivity contribution is -0.0287. The highest BCUT2D eigenvalue weighted by Crippen LogP contribution is 2.21. The van der Waals surface area contributed by atoms with Gasteiger partial charge in [0, 0.05) is 13.1 Å². The van der Waals surface area contributed by atoms with Gasteiger partial charge in [-0.25, -0.2) is 0 Å². The molecule has 0 aromatic heterocycles. The lowest BCUT2D eigenvalue weighted by Gasteiger charge is -2.29. The van der Waals surface area contributed by atoms with Crippen molar-refractivity contribution < 1.29 is 4.74 Å². The van der Waals surface area contributed by atoms with Gasteiger partial charge in [-0.05, 0) is 24.5 Å². The van der Waals surface area contributed by atoms with Gasteiger partial charge in [-0.15, -0.1) is 0 Å². The number of aryl methyl sites for hydroxylation is 1. The highest BCUT2D eigenvalue weighted by Gasteiger charge is 2.19. The first-order valence-electron chi connectivity index (χ1n) is 5.74. The number of nitrogens with one attached hydrogen (secondary N) is 1. The molecule has 1 heterocycles. The zero-order valence-electron chi connectivity index (χ0n) is 9.49. The summed E-state index contributed by atoms with van der Waals surface area (Å²) in [5, 5.41) is 3.39. The maximum atomic E-state index is 5.88. The fraction of sp³-hybridized carbons (Fsp3) is 0.538. The van der Waals surface area contributed by atoms with Crippen LogP contribution in [-0.2, 0) is 11.2 Å². The Kier molecular flexibility index (Phi) is 3.39. The van der Waals surface area contributed by atoms with Gasteiger partial charge in [0.05, 0.1) is 12.2 Å². The molecular formula is C13H19NO. The molecule has 2 rings (SSSR count). The molecule has 1 fully saturated rings. The molecule has 0 amide bonds. The van der Waals surface area contributed by atoms with Crippen LogP contribution in [0.5, 0.6) is 0 Å². The Labute approximate surface area is 91.6 Å². The largest absolute Gasteiger partial charge is 0.368 e. The molecule has 1 N–H and O–H groups in total. The van der Waals surface area contributed by atoms with E-state index < -0.39 is 0 Å². The average molecular weight is 205 g/mol. The van der Waals surface area contributed by atoms with E-state index in [2.05, 4.69) is 43.4 Å². The molecule has 15 heavy (non-hydrogen) atoms. The van der Waals surface area contributed by atoms with Crippen molar-refractivity contribution in [1.29, 1.82) is 0 Å². The molecule has 0 aliphatic carbocycles. The van der Waals surface area contributed by atoms with E-state index >= 15 is 0 Å². The fourth-order valence-electron chi connectivity index (χ4n) is 1.96. The molecule has 1 aromatic carbocycles. The Bertz CT molecular complexity index is 307. The van der Waals surface area contributed by atoms with Gasteiger partial charge in [0.15, 0.2) is 0 Å². The smallest absolute Gasteiger partial charge is 0.0953 e. The van der Waals surface area contributed by atoms with E-state index in [1.54, 1.807) is 0 Å². The molecule has 0 bridgehead atoms. The van der Waals surface area contributed by atoms with Crippen LogP contribution < -0.4 is 5.32 Å². The second-order valence-electron chi connectivity index (χ2n) is 4.19. The number of hydrogen-bond donors (Lipinski definition) is 1. The Balaban J connectivity index is 2.07. The van der Waals surface area contributed by atoms with Crippen LogP contribution in [0.4, 0.5) is 0 Å². The minimum Gasteiger partial charge on any atom is -0.368 e. The second-order valence-corrected chi connectivity index (χ2v) is 4.19. The van der Waals surface area contributed by atoms with Crippen LogP contribution in [0.3, 0.4) is 0 Å². The first-order chi connectivity index (χ1) is 7.29. The van der Waals surface area contributed by atoms with E-state index in [4.69, 9.17) is 4.74 Å². The molecule has 1 aliphatic rings. The minimum absolute atomic E-state index is 0.222. The van der Waals surface area contributed by atoms with Gasteiger partial charge in [-0.1, -0.05) is 31.2 Å². The van der Waals surface area contributed by atoms with Gasteiger partial charge in [0.25, 0.3) is 0 Å². The molecule has 1 aromatic rings. The van der Waals surface area contributed by atoms with Crippen molar-refractivity contribution in [3.8, 4) is 0 Å². The number of morpholine rings is 1. The van der Waals surface area contributed by atoms with E-state index in [9.17, 15) is 0 Å². The average Bonchev–Trinajstić information content (AvgIpc) is 2.29. The Hall–Kier alpha value is -0.860. The molecule has 2 heteroatoms. The van der Waals surface area contributed by atoms with E-state index in [-0.39, 0.29) is 6.10 Å². The zero-order chi connectivity index (χ0) is 10.7. The third-order valence-corrected chi connectivity index (χ3v) is 2.92. The van der Waals surface area contributed by atoms with Crippen molar-refractivity contribution in [2.24, 2.45) is 0 Å². The van der Waals surface area contributed by atoms with E-state index in [1.807, 2.05) is 0 Å². The van der Waals surface area contributed by atoms with E-state index in [0.29, 0.717) is 6.10 Å². The summed E-state index contributed by atoms with van der Waals surface area (Å²) < 4.78 is 5.88. The van der Waals surface area contributed by atoms with Crippen molar-refractivity contribution >= 4 is 0 Å². The van der Waals surface area contributed by atoms with Crippen LogP contribution in [0.25, 0.3) is 0 Å². The first-order valence-corrected chi connectivity index (χ1v) is 5.74. The van der Waals surface area contributed by atoms with Crippen molar-refractivity contribution in [2.75, 3.05) is 13.1 Å². The summed E-state index contributed by atoms with van der Waals surface area (Å²) in [6, 6.07) is 8.75. The van der Waals surface area contributed by atoms with Crippen molar-refractivity contribution in [2.45, 2.75) is 32.5 Å². The number of ether oxygens (including phenoxy) is 1. The van der Waals surface area contributed by atoms with Crippen LogP contribution in [0.2, 0.25) is 0 Å². The molecular weight excluding hydrogens is 186 g/mol. The monoisotopic (exact) mass is 205 g/mol. The third kappa shape index (κ3) is 2.58. The number of benzene rings is 1. The second kappa shape index (κ2) is 4.77. The molecule has 2 atom stereocenters. The van der Waals surface area contributed by atoms with E-state index in [0.717, 1.165) is 19.5 Å². The van der Waals surface area contributed by atoms with Crippen molar-refractivity contribution in [3.63, 3.8) is 0 Å². The van der Waals surface area contributed by atoms with Crippen molar-refractivity contribution in [3.05, 3.63) is 35.4 Å². The minimum atomic E-state index is 0.222. The Morgan fingerprint density at radius 2 is 2.00 bits per heavy atom. The molecule has 1 saturated heterocycles. The quantitative estimate of drug-likeness (QED) is 0.800. The van der Waals surface area contributed by atoms with Gasteiger partial charge in [0.1, 0.15) is 0 Å². The predicted octanol–water partition coefficient (Wildman–Crippen LogP) is 2.30. The summed E-state index contributed by atoms with van der Waals surface area (Å²) in [7, 11) is 0. The standard InChI is InChI=1S/C13H19NO/c1-3-11-4-6-12(7-5-11)13-9-14-8-10(2)15-13/h4-7,10,13-14H,3,8-9H2,1-2H3. The lowest BCUT2D eigenvalue weighted by atomic mass is 10.0. The number of hydrogen-bond acceptors (Lipinski definition) is 2. The van der Waals surface area contributed by atoms with Crippen LogP contribution in [0.1, 0.15) is 31.1 Å². The van der Waals surface area contributed by atoms with Gasteiger partial charge in [-0.3, -0.25) is 0 Å². The van der Waals surface area contributed by atoms with Crippen LogP contribution in [-0.4, -0.2) is 19.2 Å². The predicted molar refractivity (Wildman–Crippen MR) is 62.0 cm³/mol. The SMILES string of the molecule is CCc1ccc(C2CNCC(C)O2)cc1. The van der Waals surface area contributed by atoms with Crippen molar-refractivity contribution in [1.82, 2.24) is 5.32 Å². The molecule has 0 spiro atoms. The fourth-order valence-corrected chi connectivity index (χ4v) is 1.96. The molecule has 2 nitrogen and oxygen atoms in total. The highest BCUT2D eigenvalue weighted by atomic mass is 16.5. The van der Waals surface area contributed by atoms with E-state index in [1.165, 1.54) is 11.1 Å². The van der Waals surface area contributed by atoms with Crippen LogP contribution >= 0.6 is 0 Å². The Morgan fingerprint density at radius 1 is 1.27 bits per heavy atom. The van der Waals surface area contributed by atoms with Gasteiger partial charge in [-0.2, -0.15) is 0 Å². The summed E-state index contributed by atoms with van der Waals surface area (Å²) in [4.78, 5) is 0. The summed E-state index contributed by atoms with van der Waals surface area (Å²) in [6.45, 7) is 6.18. The van der Waals surface area contributed by atoms with Crippen LogP contribution in [0, 0.1) is 0 Å². The molecule has 82 valence electrons. The third-order valence-electron chi connectivity index (χ3n) is 2.92. The van der Waals surface area contributed by atoms with Crippen LogP contribution in [0.15, 0.2) is 24.3 Å². The normalized spacial score (nSPS) is 26.5.